The van der Waals surface area contributed by atoms with Gasteiger partial charge in [-0.25, -0.2) is 9.18 Å². The summed E-state index contributed by atoms with van der Waals surface area (Å²) >= 11 is 5.32. The van der Waals surface area contributed by atoms with Gasteiger partial charge >= 0.3 is 5.97 Å². The zero-order chi connectivity index (χ0) is 9.30. The van der Waals surface area contributed by atoms with Crippen LogP contribution < -0.4 is 0 Å². The number of phenols is 1. The third-order valence-electron chi connectivity index (χ3n) is 1.30. The molecule has 0 aliphatic carbocycles. The zero-order valence-corrected chi connectivity index (χ0v) is 6.47. The monoisotopic (exact) mass is 190 g/mol. The van der Waals surface area contributed by atoms with Gasteiger partial charge in [0.25, 0.3) is 0 Å². The minimum atomic E-state index is -1.31. The summed E-state index contributed by atoms with van der Waals surface area (Å²) in [7, 11) is 0. The molecule has 0 saturated heterocycles. The van der Waals surface area contributed by atoms with Crippen molar-refractivity contribution in [3.8, 4) is 5.75 Å². The number of hydrogen-bond acceptors (Lipinski definition) is 2. The second-order valence-corrected chi connectivity index (χ2v) is 2.44. The molecule has 5 heteroatoms. The number of benzene rings is 1. The van der Waals surface area contributed by atoms with Gasteiger partial charge in [-0.1, -0.05) is 11.6 Å². The number of carboxylic acids is 1. The summed E-state index contributed by atoms with van der Waals surface area (Å²) in [5.74, 6) is -3.09. The standard InChI is InChI=1S/C7H4ClFO3/c8-5-3(7(11)12)1-2-4(9)6(5)10/h1-2,10H,(H,11,12). The lowest BCUT2D eigenvalue weighted by Gasteiger charge is -2.01. The predicted octanol–water partition coefficient (Wildman–Crippen LogP) is 1.88. The Morgan fingerprint density at radius 3 is 2.58 bits per heavy atom. The summed E-state index contributed by atoms with van der Waals surface area (Å²) in [6.45, 7) is 0. The normalized spacial score (nSPS) is 9.83. The highest BCUT2D eigenvalue weighted by Crippen LogP contribution is 2.29. The van der Waals surface area contributed by atoms with Gasteiger partial charge in [0.1, 0.15) is 0 Å². The lowest BCUT2D eigenvalue weighted by molar-refractivity contribution is 0.0696. The molecule has 0 aliphatic rings. The van der Waals surface area contributed by atoms with E-state index in [4.69, 9.17) is 21.8 Å². The number of aromatic hydroxyl groups is 1. The third kappa shape index (κ3) is 1.33. The fourth-order valence-electron chi connectivity index (χ4n) is 0.706. The van der Waals surface area contributed by atoms with Crippen LogP contribution in [0.2, 0.25) is 5.02 Å². The van der Waals surface area contributed by atoms with Gasteiger partial charge in [0.15, 0.2) is 11.6 Å². The van der Waals surface area contributed by atoms with Crippen LogP contribution in [0.3, 0.4) is 0 Å². The molecule has 0 saturated carbocycles. The van der Waals surface area contributed by atoms with Crippen LogP contribution in [-0.4, -0.2) is 16.2 Å². The summed E-state index contributed by atoms with van der Waals surface area (Å²) < 4.78 is 12.5. The van der Waals surface area contributed by atoms with Crippen molar-refractivity contribution in [2.24, 2.45) is 0 Å². The van der Waals surface area contributed by atoms with E-state index < -0.39 is 22.6 Å². The van der Waals surface area contributed by atoms with Crippen LogP contribution in [0.4, 0.5) is 4.39 Å². The molecule has 12 heavy (non-hydrogen) atoms. The smallest absolute Gasteiger partial charge is 0.337 e. The SMILES string of the molecule is O=C(O)c1ccc(F)c(O)c1Cl. The minimum absolute atomic E-state index is 0.324. The largest absolute Gasteiger partial charge is 0.504 e. The van der Waals surface area contributed by atoms with Gasteiger partial charge in [0, 0.05) is 0 Å². The Balaban J connectivity index is 3.36. The molecule has 3 nitrogen and oxygen atoms in total. The molecule has 0 atom stereocenters. The van der Waals surface area contributed by atoms with Crippen molar-refractivity contribution in [2.75, 3.05) is 0 Å². The molecule has 0 aliphatic heterocycles. The number of aromatic carboxylic acids is 1. The van der Waals surface area contributed by atoms with Gasteiger partial charge in [-0.15, -0.1) is 0 Å². The maximum atomic E-state index is 12.5. The van der Waals surface area contributed by atoms with E-state index in [1.807, 2.05) is 0 Å². The van der Waals surface area contributed by atoms with E-state index in [0.29, 0.717) is 0 Å². The van der Waals surface area contributed by atoms with Crippen LogP contribution in [0.5, 0.6) is 5.75 Å². The van der Waals surface area contributed by atoms with Crippen molar-refractivity contribution < 1.29 is 19.4 Å². The molecular formula is C7H4ClFO3. The van der Waals surface area contributed by atoms with Crippen molar-refractivity contribution in [3.63, 3.8) is 0 Å². The van der Waals surface area contributed by atoms with E-state index in [-0.39, 0.29) is 5.56 Å². The molecule has 2 N–H and O–H groups in total. The molecule has 0 heterocycles. The first kappa shape index (κ1) is 8.80. The van der Waals surface area contributed by atoms with Crippen molar-refractivity contribution in [1.82, 2.24) is 0 Å². The molecular weight excluding hydrogens is 187 g/mol. The highest BCUT2D eigenvalue weighted by Gasteiger charge is 2.14. The molecule has 0 bridgehead atoms. The van der Waals surface area contributed by atoms with E-state index in [1.165, 1.54) is 0 Å². The van der Waals surface area contributed by atoms with Gasteiger partial charge in [-0.2, -0.15) is 0 Å². The molecule has 0 radical (unpaired) electrons. The lowest BCUT2D eigenvalue weighted by atomic mass is 10.2. The number of carbonyl (C=O) groups is 1. The van der Waals surface area contributed by atoms with E-state index in [0.717, 1.165) is 12.1 Å². The minimum Gasteiger partial charge on any atom is -0.504 e. The number of hydrogen-bond donors (Lipinski definition) is 2. The van der Waals surface area contributed by atoms with Crippen molar-refractivity contribution >= 4 is 17.6 Å². The molecule has 0 spiro atoms. The highest BCUT2D eigenvalue weighted by atomic mass is 35.5. The molecule has 0 unspecified atom stereocenters. The Bertz CT molecular complexity index is 338. The number of carboxylic acid groups (broad SMARTS) is 1. The summed E-state index contributed by atoms with van der Waals surface area (Å²) in [5, 5.41) is 16.8. The van der Waals surface area contributed by atoms with Crippen LogP contribution in [0.25, 0.3) is 0 Å². The average molecular weight is 191 g/mol. The molecule has 1 rings (SSSR count). The van der Waals surface area contributed by atoms with E-state index >= 15 is 0 Å². The lowest BCUT2D eigenvalue weighted by Crippen LogP contribution is -1.97. The van der Waals surface area contributed by atoms with Crippen LogP contribution in [0.1, 0.15) is 10.4 Å². The summed E-state index contributed by atoms with van der Waals surface area (Å²) in [4.78, 5) is 10.4. The molecule has 0 fully saturated rings. The summed E-state index contributed by atoms with van der Waals surface area (Å²) in [5.41, 5.74) is -0.324. The third-order valence-corrected chi connectivity index (χ3v) is 1.68. The first-order valence-corrected chi connectivity index (χ1v) is 3.32. The van der Waals surface area contributed by atoms with Gasteiger partial charge < -0.3 is 10.2 Å². The van der Waals surface area contributed by atoms with Gasteiger partial charge in [-0.05, 0) is 12.1 Å². The van der Waals surface area contributed by atoms with E-state index in [1.54, 1.807) is 0 Å². The summed E-state index contributed by atoms with van der Waals surface area (Å²) in [6.07, 6.45) is 0. The van der Waals surface area contributed by atoms with E-state index in [2.05, 4.69) is 0 Å². The summed E-state index contributed by atoms with van der Waals surface area (Å²) in [6, 6.07) is 1.82. The average Bonchev–Trinajstić information content (AvgIpc) is 2.00. The van der Waals surface area contributed by atoms with E-state index in [9.17, 15) is 9.18 Å². The second kappa shape index (κ2) is 2.98. The Kier molecular flexibility index (Phi) is 2.19. The fourth-order valence-corrected chi connectivity index (χ4v) is 0.940. The van der Waals surface area contributed by atoms with Crippen molar-refractivity contribution in [2.45, 2.75) is 0 Å². The zero-order valence-electron chi connectivity index (χ0n) is 5.71. The van der Waals surface area contributed by atoms with Crippen LogP contribution in [0.15, 0.2) is 12.1 Å². The van der Waals surface area contributed by atoms with Crippen LogP contribution >= 0.6 is 11.6 Å². The van der Waals surface area contributed by atoms with Gasteiger partial charge in [0.05, 0.1) is 10.6 Å². The number of phenolic OH excluding ortho intramolecular Hbond substituents is 1. The Morgan fingerprint density at radius 2 is 2.08 bits per heavy atom. The first-order chi connectivity index (χ1) is 5.54. The Hall–Kier alpha value is -1.29. The molecule has 0 aromatic heterocycles. The quantitative estimate of drug-likeness (QED) is 0.711. The number of halogens is 2. The first-order valence-electron chi connectivity index (χ1n) is 2.94. The topological polar surface area (TPSA) is 57.5 Å². The van der Waals surface area contributed by atoms with Gasteiger partial charge in [-0.3, -0.25) is 0 Å². The van der Waals surface area contributed by atoms with Crippen LogP contribution in [0, 0.1) is 5.82 Å². The molecule has 1 aromatic rings. The van der Waals surface area contributed by atoms with Gasteiger partial charge in [0.2, 0.25) is 0 Å². The second-order valence-electron chi connectivity index (χ2n) is 2.06. The highest BCUT2D eigenvalue weighted by molar-refractivity contribution is 6.34. The molecule has 1 aromatic carbocycles. The predicted molar refractivity (Wildman–Crippen MR) is 40.0 cm³/mol. The maximum Gasteiger partial charge on any atom is 0.337 e. The van der Waals surface area contributed by atoms with Crippen molar-refractivity contribution in [1.29, 1.82) is 0 Å². The number of rotatable bonds is 1. The molecule has 64 valence electrons. The fraction of sp³-hybridized carbons (Fsp3) is 0. The molecule has 0 amide bonds. The van der Waals surface area contributed by atoms with Crippen LogP contribution in [-0.2, 0) is 0 Å². The Morgan fingerprint density at radius 1 is 1.50 bits per heavy atom. The Labute approximate surface area is 72.0 Å². The van der Waals surface area contributed by atoms with Crippen molar-refractivity contribution in [3.05, 3.63) is 28.5 Å². The maximum absolute atomic E-state index is 12.5.